The van der Waals surface area contributed by atoms with E-state index in [1.807, 2.05) is 6.07 Å². The van der Waals surface area contributed by atoms with Gasteiger partial charge >= 0.3 is 0 Å². The van der Waals surface area contributed by atoms with E-state index in [0.29, 0.717) is 0 Å². The molecule has 0 radical (unpaired) electrons. The van der Waals surface area contributed by atoms with Crippen LogP contribution in [0.2, 0.25) is 0 Å². The van der Waals surface area contributed by atoms with Crippen LogP contribution in [-0.4, -0.2) is 15.0 Å². The third-order valence-corrected chi connectivity index (χ3v) is 3.43. The Morgan fingerprint density at radius 1 is 1.24 bits per heavy atom. The minimum absolute atomic E-state index is 0.149. The molecule has 0 atom stereocenters. The van der Waals surface area contributed by atoms with Crippen LogP contribution < -0.4 is 10.5 Å². The molecule has 0 bridgehead atoms. The molecular weight excluding hydrogens is 236 g/mol. The van der Waals surface area contributed by atoms with Gasteiger partial charge in [0.1, 0.15) is 0 Å². The first-order chi connectivity index (χ1) is 8.04. The Labute approximate surface area is 103 Å². The van der Waals surface area contributed by atoms with Gasteiger partial charge in [-0.1, -0.05) is 32.3 Å². The average molecular weight is 256 g/mol. The molecule has 1 aromatic rings. The molecule has 0 amide bonds. The molecule has 4 nitrogen and oxygen atoms in total. The number of nitrogens with one attached hydrogen (secondary N) is 1. The lowest BCUT2D eigenvalue weighted by atomic mass is 10.2. The normalized spacial score (nSPS) is 11.4. The molecule has 0 heterocycles. The molecule has 1 aromatic carbocycles. The fraction of sp³-hybridized carbons (Fsp3) is 0.500. The van der Waals surface area contributed by atoms with E-state index < -0.39 is 10.0 Å². The molecule has 0 aromatic heterocycles. The standard InChI is InChI=1S/C12H20N2O2S/c1-2-3-4-5-9-14-11-7-6-8-12(10-11)17(13,15)16/h6-8,10,14H,2-5,9H2,1H3,(H2,13,15,16). The third-order valence-electron chi connectivity index (χ3n) is 2.52. The summed E-state index contributed by atoms with van der Waals surface area (Å²) in [6.45, 7) is 3.02. The number of hydrogen-bond acceptors (Lipinski definition) is 3. The molecule has 0 saturated heterocycles. The van der Waals surface area contributed by atoms with Crippen LogP contribution in [0.4, 0.5) is 5.69 Å². The van der Waals surface area contributed by atoms with Gasteiger partial charge < -0.3 is 5.32 Å². The van der Waals surface area contributed by atoms with Crippen molar-refractivity contribution in [2.45, 2.75) is 37.5 Å². The van der Waals surface area contributed by atoms with Crippen molar-refractivity contribution in [3.05, 3.63) is 24.3 Å². The molecule has 0 fully saturated rings. The van der Waals surface area contributed by atoms with E-state index in [9.17, 15) is 8.42 Å². The Morgan fingerprint density at radius 2 is 2.00 bits per heavy atom. The van der Waals surface area contributed by atoms with E-state index in [4.69, 9.17) is 5.14 Å². The first kappa shape index (κ1) is 14.0. The summed E-state index contributed by atoms with van der Waals surface area (Å²) < 4.78 is 22.3. The van der Waals surface area contributed by atoms with Crippen molar-refractivity contribution < 1.29 is 8.42 Å². The summed E-state index contributed by atoms with van der Waals surface area (Å²) in [5.74, 6) is 0. The summed E-state index contributed by atoms with van der Waals surface area (Å²) in [5.41, 5.74) is 0.799. The zero-order chi connectivity index (χ0) is 12.7. The van der Waals surface area contributed by atoms with Gasteiger partial charge in [-0.25, -0.2) is 13.6 Å². The minimum atomic E-state index is -3.60. The second-order valence-electron chi connectivity index (χ2n) is 4.06. The Bertz CT molecular complexity index is 444. The van der Waals surface area contributed by atoms with Gasteiger partial charge in [-0.15, -0.1) is 0 Å². The molecule has 0 saturated carbocycles. The van der Waals surface area contributed by atoms with Gasteiger partial charge in [-0.05, 0) is 24.6 Å². The second kappa shape index (κ2) is 6.61. The van der Waals surface area contributed by atoms with Gasteiger partial charge in [0.15, 0.2) is 0 Å². The van der Waals surface area contributed by atoms with Crippen molar-refractivity contribution in [3.8, 4) is 0 Å². The van der Waals surface area contributed by atoms with Gasteiger partial charge in [0.05, 0.1) is 4.90 Å². The Hall–Kier alpha value is -1.07. The number of primary sulfonamides is 1. The van der Waals surface area contributed by atoms with E-state index >= 15 is 0 Å². The highest BCUT2D eigenvalue weighted by Gasteiger charge is 2.07. The van der Waals surface area contributed by atoms with Gasteiger partial charge in [0, 0.05) is 12.2 Å². The van der Waals surface area contributed by atoms with Crippen LogP contribution in [-0.2, 0) is 10.0 Å². The van der Waals surface area contributed by atoms with Gasteiger partial charge in [0.2, 0.25) is 10.0 Å². The maximum atomic E-state index is 11.2. The van der Waals surface area contributed by atoms with E-state index in [1.165, 1.54) is 25.3 Å². The monoisotopic (exact) mass is 256 g/mol. The first-order valence-electron chi connectivity index (χ1n) is 5.91. The van der Waals surface area contributed by atoms with Gasteiger partial charge in [-0.3, -0.25) is 0 Å². The molecule has 0 aliphatic rings. The summed E-state index contributed by atoms with van der Waals surface area (Å²) >= 11 is 0. The van der Waals surface area contributed by atoms with Crippen molar-refractivity contribution >= 4 is 15.7 Å². The molecule has 0 aliphatic carbocycles. The van der Waals surface area contributed by atoms with E-state index in [2.05, 4.69) is 12.2 Å². The van der Waals surface area contributed by atoms with Crippen molar-refractivity contribution in [3.63, 3.8) is 0 Å². The SMILES string of the molecule is CCCCCCNc1cccc(S(N)(=O)=O)c1. The topological polar surface area (TPSA) is 72.2 Å². The zero-order valence-electron chi connectivity index (χ0n) is 10.1. The van der Waals surface area contributed by atoms with Crippen LogP contribution in [0.3, 0.4) is 0 Å². The van der Waals surface area contributed by atoms with Crippen molar-refractivity contribution in [1.29, 1.82) is 0 Å². The number of hydrogen-bond donors (Lipinski definition) is 2. The van der Waals surface area contributed by atoms with Crippen molar-refractivity contribution in [2.24, 2.45) is 5.14 Å². The van der Waals surface area contributed by atoms with Crippen LogP contribution in [0.15, 0.2) is 29.2 Å². The smallest absolute Gasteiger partial charge is 0.238 e. The first-order valence-corrected chi connectivity index (χ1v) is 7.45. The van der Waals surface area contributed by atoms with Crippen LogP contribution in [0, 0.1) is 0 Å². The zero-order valence-corrected chi connectivity index (χ0v) is 11.0. The molecule has 0 aliphatic heterocycles. The summed E-state index contributed by atoms with van der Waals surface area (Å²) in [6, 6.07) is 6.59. The predicted molar refractivity (Wildman–Crippen MR) is 70.4 cm³/mol. The number of benzene rings is 1. The van der Waals surface area contributed by atoms with Crippen LogP contribution >= 0.6 is 0 Å². The summed E-state index contributed by atoms with van der Waals surface area (Å²) in [5, 5.41) is 8.26. The highest BCUT2D eigenvalue weighted by molar-refractivity contribution is 7.89. The highest BCUT2D eigenvalue weighted by atomic mass is 32.2. The lowest BCUT2D eigenvalue weighted by molar-refractivity contribution is 0.598. The number of rotatable bonds is 7. The van der Waals surface area contributed by atoms with Crippen molar-refractivity contribution in [2.75, 3.05) is 11.9 Å². The fourth-order valence-corrected chi connectivity index (χ4v) is 2.13. The number of anilines is 1. The van der Waals surface area contributed by atoms with E-state index in [0.717, 1.165) is 18.7 Å². The van der Waals surface area contributed by atoms with Gasteiger partial charge in [0.25, 0.3) is 0 Å². The van der Waals surface area contributed by atoms with E-state index in [1.54, 1.807) is 12.1 Å². The van der Waals surface area contributed by atoms with Gasteiger partial charge in [-0.2, -0.15) is 0 Å². The molecule has 5 heteroatoms. The summed E-state index contributed by atoms with van der Waals surface area (Å²) in [6.07, 6.45) is 4.73. The maximum absolute atomic E-state index is 11.2. The average Bonchev–Trinajstić information content (AvgIpc) is 2.28. The lowest BCUT2D eigenvalue weighted by Gasteiger charge is -2.07. The van der Waals surface area contributed by atoms with Crippen LogP contribution in [0.1, 0.15) is 32.6 Å². The lowest BCUT2D eigenvalue weighted by Crippen LogP contribution is -2.12. The Morgan fingerprint density at radius 3 is 2.65 bits per heavy atom. The second-order valence-corrected chi connectivity index (χ2v) is 5.62. The minimum Gasteiger partial charge on any atom is -0.385 e. The van der Waals surface area contributed by atoms with Crippen LogP contribution in [0.25, 0.3) is 0 Å². The molecule has 3 N–H and O–H groups in total. The maximum Gasteiger partial charge on any atom is 0.238 e. The van der Waals surface area contributed by atoms with Crippen molar-refractivity contribution in [1.82, 2.24) is 0 Å². The molecule has 96 valence electrons. The predicted octanol–water partition coefficient (Wildman–Crippen LogP) is 2.33. The molecule has 0 spiro atoms. The Kier molecular flexibility index (Phi) is 5.44. The summed E-state index contributed by atoms with van der Waals surface area (Å²) in [4.78, 5) is 0.149. The largest absolute Gasteiger partial charge is 0.385 e. The number of nitrogens with two attached hydrogens (primary N) is 1. The molecule has 1 rings (SSSR count). The third kappa shape index (κ3) is 5.19. The quantitative estimate of drug-likeness (QED) is 0.735. The highest BCUT2D eigenvalue weighted by Crippen LogP contribution is 2.14. The molecule has 0 unspecified atom stereocenters. The van der Waals surface area contributed by atoms with Crippen LogP contribution in [0.5, 0.6) is 0 Å². The van der Waals surface area contributed by atoms with E-state index in [-0.39, 0.29) is 4.90 Å². The fourth-order valence-electron chi connectivity index (χ4n) is 1.57. The molecular formula is C12H20N2O2S. The number of sulfonamides is 1. The number of unbranched alkanes of at least 4 members (excludes halogenated alkanes) is 3. The summed E-state index contributed by atoms with van der Waals surface area (Å²) in [7, 11) is -3.60. The molecule has 17 heavy (non-hydrogen) atoms. The Balaban J connectivity index is 2.49.